The number of rotatable bonds is 7. The van der Waals surface area contributed by atoms with Gasteiger partial charge in [-0.05, 0) is 63.1 Å². The molecule has 0 saturated carbocycles. The average Bonchev–Trinajstić information content (AvgIpc) is 3.27. The lowest BCUT2D eigenvalue weighted by molar-refractivity contribution is -0.111. The summed E-state index contributed by atoms with van der Waals surface area (Å²) in [5.41, 5.74) is 6.64. The molecule has 180 valence electrons. The zero-order valence-corrected chi connectivity index (χ0v) is 21.2. The topological polar surface area (TPSA) is 60.7 Å². The van der Waals surface area contributed by atoms with Crippen LogP contribution in [-0.2, 0) is 4.79 Å². The van der Waals surface area contributed by atoms with Gasteiger partial charge in [-0.15, -0.1) is 0 Å². The summed E-state index contributed by atoms with van der Waals surface area (Å²) in [6.07, 6.45) is 3.31. The van der Waals surface area contributed by atoms with Gasteiger partial charge in [0.05, 0.1) is 20.0 Å². The highest BCUT2D eigenvalue weighted by atomic mass is 35.5. The zero-order valence-electron chi connectivity index (χ0n) is 20.5. The number of amides is 1. The number of anilines is 1. The number of para-hydroxylation sites is 1. The molecular formula is C29H28ClNO4. The molecule has 35 heavy (non-hydrogen) atoms. The Balaban J connectivity index is 1.79. The third-order valence-electron chi connectivity index (χ3n) is 5.94. The van der Waals surface area contributed by atoms with Gasteiger partial charge in [0.15, 0.2) is 0 Å². The molecule has 1 heterocycles. The smallest absolute Gasteiger partial charge is 0.248 e. The minimum Gasteiger partial charge on any atom is -0.496 e. The summed E-state index contributed by atoms with van der Waals surface area (Å²) < 4.78 is 17.6. The van der Waals surface area contributed by atoms with E-state index in [0.717, 1.165) is 50.1 Å². The Hall–Kier alpha value is -3.70. The number of halogens is 1. The molecule has 0 aliphatic heterocycles. The van der Waals surface area contributed by atoms with Crippen molar-refractivity contribution < 1.29 is 18.7 Å². The van der Waals surface area contributed by atoms with Crippen LogP contribution in [0.25, 0.3) is 27.7 Å². The van der Waals surface area contributed by atoms with Crippen LogP contribution >= 0.6 is 11.6 Å². The van der Waals surface area contributed by atoms with Crippen LogP contribution in [0.1, 0.15) is 30.5 Å². The second-order valence-corrected chi connectivity index (χ2v) is 8.73. The molecule has 0 unspecified atom stereocenters. The summed E-state index contributed by atoms with van der Waals surface area (Å²) in [6, 6.07) is 15.3. The molecule has 0 bridgehead atoms. The molecule has 0 aliphatic rings. The van der Waals surface area contributed by atoms with E-state index < -0.39 is 0 Å². The molecule has 0 fully saturated rings. The van der Waals surface area contributed by atoms with Crippen LogP contribution in [0.5, 0.6) is 11.5 Å². The minimum absolute atomic E-state index is 0.250. The fourth-order valence-electron chi connectivity index (χ4n) is 4.14. The molecule has 4 aromatic rings. The van der Waals surface area contributed by atoms with Gasteiger partial charge in [0.25, 0.3) is 0 Å². The van der Waals surface area contributed by atoms with E-state index in [0.29, 0.717) is 23.1 Å². The molecule has 0 radical (unpaired) electrons. The van der Waals surface area contributed by atoms with Crippen molar-refractivity contribution in [3.63, 3.8) is 0 Å². The summed E-state index contributed by atoms with van der Waals surface area (Å²) in [7, 11) is 1.65. The predicted molar refractivity (Wildman–Crippen MR) is 143 cm³/mol. The number of fused-ring (bicyclic) bond motifs is 1. The second-order valence-electron chi connectivity index (χ2n) is 8.32. The van der Waals surface area contributed by atoms with E-state index in [4.69, 9.17) is 25.5 Å². The largest absolute Gasteiger partial charge is 0.496 e. The number of allylic oxidation sites excluding steroid dienone is 1. The summed E-state index contributed by atoms with van der Waals surface area (Å²) in [5.74, 6) is 1.20. The summed E-state index contributed by atoms with van der Waals surface area (Å²) >= 11 is 6.20. The first-order chi connectivity index (χ1) is 16.8. The van der Waals surface area contributed by atoms with E-state index in [1.807, 2.05) is 70.2 Å². The van der Waals surface area contributed by atoms with Gasteiger partial charge in [-0.3, -0.25) is 4.79 Å². The highest BCUT2D eigenvalue weighted by Gasteiger charge is 2.20. The first kappa shape index (κ1) is 24.4. The maximum absolute atomic E-state index is 12.8. The molecule has 5 nitrogen and oxygen atoms in total. The third kappa shape index (κ3) is 4.91. The van der Waals surface area contributed by atoms with Crippen molar-refractivity contribution >= 4 is 39.7 Å². The number of nitrogens with one attached hydrogen (secondary N) is 1. The van der Waals surface area contributed by atoms with E-state index in [1.54, 1.807) is 25.5 Å². The van der Waals surface area contributed by atoms with Gasteiger partial charge in [0, 0.05) is 44.4 Å². The molecular weight excluding hydrogens is 462 g/mol. The number of benzene rings is 3. The van der Waals surface area contributed by atoms with E-state index in [-0.39, 0.29) is 5.91 Å². The lowest BCUT2D eigenvalue weighted by Crippen LogP contribution is -2.09. The SMILES string of the molecule is CCOc1c(/C(C)=C/C(=O)Nc2ccc(C)c(Cl)c2)cc2c(-c3ccccc3OC)coc2c1C. The molecule has 0 atom stereocenters. The Morgan fingerprint density at radius 2 is 1.89 bits per heavy atom. The van der Waals surface area contributed by atoms with E-state index in [1.165, 1.54) is 0 Å². The van der Waals surface area contributed by atoms with Gasteiger partial charge in [-0.1, -0.05) is 35.9 Å². The molecule has 1 N–H and O–H groups in total. The number of hydrogen-bond acceptors (Lipinski definition) is 4. The van der Waals surface area contributed by atoms with Gasteiger partial charge >= 0.3 is 0 Å². The van der Waals surface area contributed by atoms with Gasteiger partial charge in [0.2, 0.25) is 5.91 Å². The lowest BCUT2D eigenvalue weighted by atomic mass is 9.96. The second kappa shape index (κ2) is 10.3. The standard InChI is InChI=1S/C29H28ClNO4/c1-6-34-28-19(4)29-23(24(16-35-29)21-9-7-8-10-26(21)33-5)15-22(28)18(3)13-27(32)31-20-12-11-17(2)25(30)14-20/h7-16H,6H2,1-5H3,(H,31,32)/b18-13+. The van der Waals surface area contributed by atoms with Crippen molar-refractivity contribution in [2.24, 2.45) is 0 Å². The van der Waals surface area contributed by atoms with Crippen molar-refractivity contribution in [1.29, 1.82) is 0 Å². The van der Waals surface area contributed by atoms with Crippen LogP contribution in [0.15, 0.2) is 65.3 Å². The quantitative estimate of drug-likeness (QED) is 0.269. The summed E-state index contributed by atoms with van der Waals surface area (Å²) in [4.78, 5) is 12.8. The Labute approximate surface area is 210 Å². The number of methoxy groups -OCH3 is 1. The van der Waals surface area contributed by atoms with Crippen molar-refractivity contribution in [2.45, 2.75) is 27.7 Å². The van der Waals surface area contributed by atoms with Crippen LogP contribution in [0.2, 0.25) is 5.02 Å². The van der Waals surface area contributed by atoms with Gasteiger partial charge in [-0.2, -0.15) is 0 Å². The van der Waals surface area contributed by atoms with Gasteiger partial charge in [0.1, 0.15) is 17.1 Å². The molecule has 0 spiro atoms. The molecule has 3 aromatic carbocycles. The van der Waals surface area contributed by atoms with Crippen molar-refractivity contribution in [1.82, 2.24) is 0 Å². The van der Waals surface area contributed by atoms with Crippen LogP contribution in [0.3, 0.4) is 0 Å². The highest BCUT2D eigenvalue weighted by Crippen LogP contribution is 2.42. The van der Waals surface area contributed by atoms with Crippen molar-refractivity contribution in [3.05, 3.63) is 82.6 Å². The average molecular weight is 490 g/mol. The fourth-order valence-corrected chi connectivity index (χ4v) is 4.32. The Morgan fingerprint density at radius 3 is 2.60 bits per heavy atom. The third-order valence-corrected chi connectivity index (χ3v) is 6.35. The normalized spacial score (nSPS) is 11.5. The molecule has 1 amide bonds. The van der Waals surface area contributed by atoms with Gasteiger partial charge in [-0.25, -0.2) is 0 Å². The molecule has 4 rings (SSSR count). The minimum atomic E-state index is -0.250. The molecule has 6 heteroatoms. The first-order valence-electron chi connectivity index (χ1n) is 11.4. The number of hydrogen-bond donors (Lipinski definition) is 1. The number of ether oxygens (including phenoxy) is 2. The summed E-state index contributed by atoms with van der Waals surface area (Å²) in [5, 5.41) is 4.41. The van der Waals surface area contributed by atoms with Crippen molar-refractivity contribution in [3.8, 4) is 22.6 Å². The summed E-state index contributed by atoms with van der Waals surface area (Å²) in [6.45, 7) is 8.20. The van der Waals surface area contributed by atoms with Crippen LogP contribution < -0.4 is 14.8 Å². The monoisotopic (exact) mass is 489 g/mol. The lowest BCUT2D eigenvalue weighted by Gasteiger charge is -2.15. The van der Waals surface area contributed by atoms with Crippen LogP contribution in [0, 0.1) is 13.8 Å². The maximum atomic E-state index is 12.8. The zero-order chi connectivity index (χ0) is 25.1. The highest BCUT2D eigenvalue weighted by molar-refractivity contribution is 6.31. The molecule has 0 aliphatic carbocycles. The van der Waals surface area contributed by atoms with Crippen LogP contribution in [-0.4, -0.2) is 19.6 Å². The predicted octanol–water partition coefficient (Wildman–Crippen LogP) is 7.82. The Morgan fingerprint density at radius 1 is 1.11 bits per heavy atom. The Bertz CT molecular complexity index is 1430. The molecule has 1 aromatic heterocycles. The van der Waals surface area contributed by atoms with Crippen molar-refractivity contribution in [2.75, 3.05) is 19.0 Å². The number of aryl methyl sites for hydroxylation is 2. The fraction of sp³-hybridized carbons (Fsp3) is 0.207. The van der Waals surface area contributed by atoms with Crippen LogP contribution in [0.4, 0.5) is 5.69 Å². The maximum Gasteiger partial charge on any atom is 0.248 e. The van der Waals surface area contributed by atoms with E-state index in [9.17, 15) is 4.79 Å². The van der Waals surface area contributed by atoms with E-state index >= 15 is 0 Å². The van der Waals surface area contributed by atoms with E-state index in [2.05, 4.69) is 5.32 Å². The number of carbonyl (C=O) groups is 1. The number of furan rings is 1. The first-order valence-corrected chi connectivity index (χ1v) is 11.8. The molecule has 0 saturated heterocycles. The van der Waals surface area contributed by atoms with Gasteiger partial charge < -0.3 is 19.2 Å². The Kier molecular flexibility index (Phi) is 7.17. The number of carbonyl (C=O) groups excluding carboxylic acids is 1.